The lowest BCUT2D eigenvalue weighted by Gasteiger charge is -2.22. The molecule has 0 bridgehead atoms. The van der Waals surface area contributed by atoms with Crippen LogP contribution in [0.1, 0.15) is 29.2 Å². The highest BCUT2D eigenvalue weighted by Crippen LogP contribution is 2.36. The van der Waals surface area contributed by atoms with Crippen molar-refractivity contribution in [2.45, 2.75) is 30.5 Å². The van der Waals surface area contributed by atoms with E-state index < -0.39 is 27.8 Å². The van der Waals surface area contributed by atoms with Crippen LogP contribution in [0.25, 0.3) is 0 Å². The quantitative estimate of drug-likeness (QED) is 0.756. The van der Waals surface area contributed by atoms with Crippen LogP contribution in [0.3, 0.4) is 0 Å². The van der Waals surface area contributed by atoms with Crippen LogP contribution < -0.4 is 4.72 Å². The van der Waals surface area contributed by atoms with E-state index >= 15 is 0 Å². The summed E-state index contributed by atoms with van der Waals surface area (Å²) in [6.45, 7) is 5.33. The number of aryl methyl sites for hydroxylation is 1. The molecular weight excluding hydrogens is 351 g/mol. The zero-order valence-electron chi connectivity index (χ0n) is 13.5. The van der Waals surface area contributed by atoms with Crippen LogP contribution in [0, 0.1) is 6.92 Å². The lowest BCUT2D eigenvalue weighted by Crippen LogP contribution is -2.30. The zero-order chi connectivity index (χ0) is 18.7. The summed E-state index contributed by atoms with van der Waals surface area (Å²) in [7, 11) is -3.97. The maximum absolute atomic E-state index is 13.2. The summed E-state index contributed by atoms with van der Waals surface area (Å²) in [6.07, 6.45) is -3.17. The third kappa shape index (κ3) is 4.70. The van der Waals surface area contributed by atoms with Crippen LogP contribution in [-0.4, -0.2) is 8.42 Å². The largest absolute Gasteiger partial charge is 0.416 e. The van der Waals surface area contributed by atoms with E-state index in [9.17, 15) is 21.6 Å². The molecule has 0 aliphatic rings. The first kappa shape index (κ1) is 19.2. The summed E-state index contributed by atoms with van der Waals surface area (Å²) in [4.78, 5) is -0.00310. The van der Waals surface area contributed by atoms with Gasteiger partial charge in [-0.1, -0.05) is 42.0 Å². The molecule has 1 N–H and O–H groups in total. The maximum Gasteiger partial charge on any atom is 0.416 e. The number of hydrogen-bond donors (Lipinski definition) is 1. The van der Waals surface area contributed by atoms with Gasteiger partial charge in [0.05, 0.1) is 16.5 Å². The van der Waals surface area contributed by atoms with Gasteiger partial charge in [-0.3, -0.25) is 0 Å². The molecule has 0 aliphatic carbocycles. The molecule has 134 valence electrons. The van der Waals surface area contributed by atoms with Crippen LogP contribution in [0.2, 0.25) is 0 Å². The van der Waals surface area contributed by atoms with Crippen molar-refractivity contribution in [1.29, 1.82) is 0 Å². The van der Waals surface area contributed by atoms with Crippen molar-refractivity contribution in [2.75, 3.05) is 0 Å². The van der Waals surface area contributed by atoms with Crippen molar-refractivity contribution in [1.82, 2.24) is 4.72 Å². The Hall–Kier alpha value is -2.12. The molecule has 2 aromatic rings. The lowest BCUT2D eigenvalue weighted by atomic mass is 9.98. The number of benzene rings is 2. The minimum Gasteiger partial charge on any atom is -0.207 e. The topological polar surface area (TPSA) is 46.2 Å². The van der Waals surface area contributed by atoms with Crippen LogP contribution in [0.15, 0.2) is 66.1 Å². The fraction of sp³-hybridized carbons (Fsp3) is 0.222. The summed E-state index contributed by atoms with van der Waals surface area (Å²) in [6, 6.07) is 9.94. The van der Waals surface area contributed by atoms with Gasteiger partial charge in [-0.2, -0.15) is 13.2 Å². The Kier molecular flexibility index (Phi) is 5.69. The van der Waals surface area contributed by atoms with E-state index in [-0.39, 0.29) is 16.9 Å². The Morgan fingerprint density at radius 2 is 1.72 bits per heavy atom. The standard InChI is InChI=1S/C18H18F3NO2S/c1-3-6-17(15-7-4-5-8-16(15)18(19,20)21)22-25(23,24)14-11-9-13(2)10-12-14/h3-5,7-12,17,22H,1,6H2,2H3. The Morgan fingerprint density at radius 3 is 2.28 bits per heavy atom. The Morgan fingerprint density at radius 1 is 1.12 bits per heavy atom. The van der Waals surface area contributed by atoms with Crippen molar-refractivity contribution in [2.24, 2.45) is 0 Å². The van der Waals surface area contributed by atoms with Gasteiger partial charge in [0.25, 0.3) is 0 Å². The number of hydrogen-bond acceptors (Lipinski definition) is 2. The van der Waals surface area contributed by atoms with E-state index in [0.717, 1.165) is 11.6 Å². The predicted molar refractivity (Wildman–Crippen MR) is 90.5 cm³/mol. The minimum atomic E-state index is -4.58. The summed E-state index contributed by atoms with van der Waals surface area (Å²) >= 11 is 0. The Labute approximate surface area is 145 Å². The SMILES string of the molecule is C=CCC(NS(=O)(=O)c1ccc(C)cc1)c1ccccc1C(F)(F)F. The van der Waals surface area contributed by atoms with E-state index in [0.29, 0.717) is 0 Å². The number of halogens is 3. The normalized spacial score (nSPS) is 13.4. The second kappa shape index (κ2) is 7.41. The van der Waals surface area contributed by atoms with Crippen molar-refractivity contribution in [3.05, 3.63) is 77.9 Å². The monoisotopic (exact) mass is 369 g/mol. The molecule has 0 saturated carbocycles. The Balaban J connectivity index is 2.43. The lowest BCUT2D eigenvalue weighted by molar-refractivity contribution is -0.138. The Bertz CT molecular complexity index is 843. The van der Waals surface area contributed by atoms with E-state index in [1.807, 2.05) is 6.92 Å². The average Bonchev–Trinajstić information content (AvgIpc) is 2.54. The molecule has 2 aromatic carbocycles. The highest BCUT2D eigenvalue weighted by atomic mass is 32.2. The molecule has 0 saturated heterocycles. The molecule has 25 heavy (non-hydrogen) atoms. The molecule has 0 fully saturated rings. The molecule has 0 radical (unpaired) electrons. The van der Waals surface area contributed by atoms with Crippen molar-refractivity contribution >= 4 is 10.0 Å². The van der Waals surface area contributed by atoms with Gasteiger partial charge in [0.15, 0.2) is 0 Å². The molecule has 0 amide bonds. The third-order valence-electron chi connectivity index (χ3n) is 3.67. The van der Waals surface area contributed by atoms with Gasteiger partial charge in [-0.15, -0.1) is 6.58 Å². The second-order valence-electron chi connectivity index (χ2n) is 5.60. The van der Waals surface area contributed by atoms with Gasteiger partial charge in [0, 0.05) is 0 Å². The van der Waals surface area contributed by atoms with E-state index in [1.54, 1.807) is 12.1 Å². The first-order valence-electron chi connectivity index (χ1n) is 7.51. The minimum absolute atomic E-state index is 0.00310. The molecule has 0 aliphatic heterocycles. The number of alkyl halides is 3. The first-order valence-corrected chi connectivity index (χ1v) is 8.99. The van der Waals surface area contributed by atoms with Gasteiger partial charge in [-0.05, 0) is 37.1 Å². The van der Waals surface area contributed by atoms with E-state index in [4.69, 9.17) is 0 Å². The van der Waals surface area contributed by atoms with Crippen molar-refractivity contribution in [3.8, 4) is 0 Å². The predicted octanol–water partition coefficient (Wildman–Crippen LogP) is 4.61. The van der Waals surface area contributed by atoms with E-state index in [2.05, 4.69) is 11.3 Å². The second-order valence-corrected chi connectivity index (χ2v) is 7.31. The third-order valence-corrected chi connectivity index (χ3v) is 5.16. The molecule has 3 nitrogen and oxygen atoms in total. The van der Waals surface area contributed by atoms with E-state index in [1.165, 1.54) is 36.4 Å². The summed E-state index contributed by atoms with van der Waals surface area (Å²) in [5, 5.41) is 0. The van der Waals surface area contributed by atoms with Gasteiger partial charge in [0.1, 0.15) is 0 Å². The van der Waals surface area contributed by atoms with Crippen molar-refractivity contribution in [3.63, 3.8) is 0 Å². The summed E-state index contributed by atoms with van der Waals surface area (Å²) < 4.78 is 67.2. The summed E-state index contributed by atoms with van der Waals surface area (Å²) in [5.41, 5.74) is -0.122. The van der Waals surface area contributed by atoms with Gasteiger partial charge < -0.3 is 0 Å². The molecular formula is C18H18F3NO2S. The molecule has 7 heteroatoms. The van der Waals surface area contributed by atoms with Gasteiger partial charge >= 0.3 is 6.18 Å². The fourth-order valence-electron chi connectivity index (χ4n) is 2.44. The van der Waals surface area contributed by atoms with Crippen LogP contribution in [0.5, 0.6) is 0 Å². The molecule has 1 unspecified atom stereocenters. The van der Waals surface area contributed by atoms with Crippen molar-refractivity contribution < 1.29 is 21.6 Å². The number of rotatable bonds is 6. The van der Waals surface area contributed by atoms with Crippen LogP contribution in [0.4, 0.5) is 13.2 Å². The first-order chi connectivity index (χ1) is 11.6. The molecule has 0 spiro atoms. The highest BCUT2D eigenvalue weighted by Gasteiger charge is 2.35. The molecule has 2 rings (SSSR count). The van der Waals surface area contributed by atoms with Crippen LogP contribution >= 0.6 is 0 Å². The molecule has 0 aromatic heterocycles. The smallest absolute Gasteiger partial charge is 0.207 e. The average molecular weight is 369 g/mol. The van der Waals surface area contributed by atoms with Gasteiger partial charge in [-0.25, -0.2) is 13.1 Å². The summed E-state index contributed by atoms with van der Waals surface area (Å²) in [5.74, 6) is 0. The zero-order valence-corrected chi connectivity index (χ0v) is 14.4. The molecule has 0 heterocycles. The molecule has 1 atom stereocenters. The highest BCUT2D eigenvalue weighted by molar-refractivity contribution is 7.89. The maximum atomic E-state index is 13.2. The number of nitrogens with one attached hydrogen (secondary N) is 1. The number of sulfonamides is 1. The van der Waals surface area contributed by atoms with Gasteiger partial charge in [0.2, 0.25) is 10.0 Å². The fourth-order valence-corrected chi connectivity index (χ4v) is 3.67. The van der Waals surface area contributed by atoms with Crippen LogP contribution in [-0.2, 0) is 16.2 Å².